The van der Waals surface area contributed by atoms with Gasteiger partial charge < -0.3 is 10.1 Å². The van der Waals surface area contributed by atoms with Gasteiger partial charge in [0.05, 0.1) is 11.0 Å². The highest BCUT2D eigenvalue weighted by Gasteiger charge is 2.25. The third-order valence-electron chi connectivity index (χ3n) is 5.19. The lowest BCUT2D eigenvalue weighted by Crippen LogP contribution is -2.35. The Hall–Kier alpha value is -2.45. The summed E-state index contributed by atoms with van der Waals surface area (Å²) in [5.74, 6) is 0.452. The van der Waals surface area contributed by atoms with Crippen LogP contribution in [0.15, 0.2) is 47.5 Å². The number of nitrogens with zero attached hydrogens (tertiary/aromatic N) is 2. The van der Waals surface area contributed by atoms with Crippen molar-refractivity contribution in [2.75, 3.05) is 13.1 Å². The monoisotopic (exact) mass is 445 g/mol. The van der Waals surface area contributed by atoms with Gasteiger partial charge in [0.1, 0.15) is 0 Å². The van der Waals surface area contributed by atoms with Crippen LogP contribution in [-0.4, -0.2) is 42.8 Å². The van der Waals surface area contributed by atoms with Crippen molar-refractivity contribution in [3.63, 3.8) is 0 Å². The largest absolute Gasteiger partial charge is 0.475 e. The van der Waals surface area contributed by atoms with Crippen molar-refractivity contribution in [3.8, 4) is 5.88 Å². The number of amides is 1. The summed E-state index contributed by atoms with van der Waals surface area (Å²) in [5, 5.41) is 2.90. The topological polar surface area (TPSA) is 88.6 Å². The third-order valence-corrected chi connectivity index (χ3v) is 7.10. The van der Waals surface area contributed by atoms with E-state index >= 15 is 0 Å². The minimum Gasteiger partial charge on any atom is -0.475 e. The fraction of sp³-hybridized carbons (Fsp3) is 0.478. The average molecular weight is 446 g/mol. The van der Waals surface area contributed by atoms with Gasteiger partial charge in [-0.25, -0.2) is 13.4 Å². The number of piperidine rings is 1. The van der Waals surface area contributed by atoms with Crippen molar-refractivity contribution in [1.82, 2.24) is 14.6 Å². The van der Waals surface area contributed by atoms with Gasteiger partial charge in [0, 0.05) is 37.8 Å². The number of carbonyl (C=O) groups excluding carboxylic acids is 1. The van der Waals surface area contributed by atoms with E-state index in [2.05, 4.69) is 10.3 Å². The second-order valence-electron chi connectivity index (χ2n) is 8.02. The van der Waals surface area contributed by atoms with Crippen LogP contribution < -0.4 is 10.1 Å². The van der Waals surface area contributed by atoms with Gasteiger partial charge in [0.2, 0.25) is 21.8 Å². The second kappa shape index (κ2) is 10.7. The Morgan fingerprint density at radius 1 is 1.13 bits per heavy atom. The molecule has 168 valence electrons. The normalized spacial score (nSPS) is 15.1. The first-order valence-corrected chi connectivity index (χ1v) is 12.3. The van der Waals surface area contributed by atoms with Gasteiger partial charge in [0.25, 0.3) is 0 Å². The summed E-state index contributed by atoms with van der Waals surface area (Å²) in [4.78, 5) is 16.8. The molecule has 8 heteroatoms. The number of rotatable bonds is 9. The molecule has 1 N–H and O–H groups in total. The molecule has 31 heavy (non-hydrogen) atoms. The Bertz CT molecular complexity index is 969. The molecule has 0 atom stereocenters. The lowest BCUT2D eigenvalue weighted by molar-refractivity contribution is -0.121. The fourth-order valence-corrected chi connectivity index (χ4v) is 5.03. The van der Waals surface area contributed by atoms with Crippen molar-refractivity contribution in [3.05, 3.63) is 53.7 Å². The molecular formula is C23H31N3O4S. The summed E-state index contributed by atoms with van der Waals surface area (Å²) in [6.45, 7) is 5.39. The van der Waals surface area contributed by atoms with Gasteiger partial charge >= 0.3 is 0 Å². The number of nitrogens with one attached hydrogen (secondary N) is 1. The highest BCUT2D eigenvalue weighted by Crippen LogP contribution is 2.21. The fourth-order valence-electron chi connectivity index (χ4n) is 3.51. The van der Waals surface area contributed by atoms with Crippen LogP contribution in [0.2, 0.25) is 0 Å². The standard InChI is InChI=1S/C23H31N3O4S/c1-18(2)30-23-20(7-6-14-24-23)17-25-22(27)13-10-19-8-11-21(12-9-19)31(28,29)26-15-4-3-5-16-26/h6-9,11-12,14,18H,3-5,10,13,15-17H2,1-2H3,(H,25,27). The summed E-state index contributed by atoms with van der Waals surface area (Å²) in [7, 11) is -3.43. The third kappa shape index (κ3) is 6.51. The van der Waals surface area contributed by atoms with E-state index < -0.39 is 10.0 Å². The first kappa shape index (κ1) is 23.2. The van der Waals surface area contributed by atoms with E-state index in [1.54, 1.807) is 34.8 Å². The summed E-state index contributed by atoms with van der Waals surface area (Å²) in [6, 6.07) is 10.6. The van der Waals surface area contributed by atoms with Gasteiger partial charge in [0.15, 0.2) is 0 Å². The quantitative estimate of drug-likeness (QED) is 0.640. The molecule has 1 fully saturated rings. The lowest BCUT2D eigenvalue weighted by atomic mass is 10.1. The lowest BCUT2D eigenvalue weighted by Gasteiger charge is -2.25. The smallest absolute Gasteiger partial charge is 0.243 e. The molecule has 1 aromatic heterocycles. The van der Waals surface area contributed by atoms with Crippen LogP contribution in [0.5, 0.6) is 5.88 Å². The Kier molecular flexibility index (Phi) is 8.03. The van der Waals surface area contributed by atoms with Crippen molar-refractivity contribution >= 4 is 15.9 Å². The van der Waals surface area contributed by atoms with Crippen molar-refractivity contribution in [2.45, 2.75) is 63.5 Å². The molecule has 1 saturated heterocycles. The highest BCUT2D eigenvalue weighted by molar-refractivity contribution is 7.89. The van der Waals surface area contributed by atoms with E-state index in [4.69, 9.17) is 4.74 Å². The Morgan fingerprint density at radius 3 is 2.52 bits per heavy atom. The SMILES string of the molecule is CC(C)Oc1ncccc1CNC(=O)CCc1ccc(S(=O)(=O)N2CCCCC2)cc1. The van der Waals surface area contributed by atoms with Crippen molar-refractivity contribution in [2.24, 2.45) is 0 Å². The summed E-state index contributed by atoms with van der Waals surface area (Å²) < 4.78 is 32.7. The van der Waals surface area contributed by atoms with Crippen molar-refractivity contribution in [1.29, 1.82) is 0 Å². The number of hydrogen-bond donors (Lipinski definition) is 1. The average Bonchev–Trinajstić information content (AvgIpc) is 2.77. The van der Waals surface area contributed by atoms with E-state index in [1.807, 2.05) is 26.0 Å². The maximum atomic E-state index is 12.7. The van der Waals surface area contributed by atoms with Gasteiger partial charge in [-0.2, -0.15) is 4.31 Å². The van der Waals surface area contributed by atoms with Crippen LogP contribution in [-0.2, 0) is 27.8 Å². The molecule has 1 aliphatic rings. The summed E-state index contributed by atoms with van der Waals surface area (Å²) in [5.41, 5.74) is 1.76. The number of hydrogen-bond acceptors (Lipinski definition) is 5. The molecule has 0 aliphatic carbocycles. The van der Waals surface area contributed by atoms with Gasteiger partial charge in [-0.15, -0.1) is 0 Å². The summed E-state index contributed by atoms with van der Waals surface area (Å²) in [6.07, 6.45) is 5.44. The molecule has 3 rings (SSSR count). The summed E-state index contributed by atoms with van der Waals surface area (Å²) >= 11 is 0. The van der Waals surface area contributed by atoms with Crippen LogP contribution >= 0.6 is 0 Å². The maximum absolute atomic E-state index is 12.7. The molecule has 1 amide bonds. The zero-order chi connectivity index (χ0) is 22.3. The molecule has 2 aromatic rings. The van der Waals surface area contributed by atoms with E-state index in [9.17, 15) is 13.2 Å². The number of benzene rings is 1. The predicted molar refractivity (Wildman–Crippen MR) is 119 cm³/mol. The Morgan fingerprint density at radius 2 is 1.84 bits per heavy atom. The highest BCUT2D eigenvalue weighted by atomic mass is 32.2. The van der Waals surface area contributed by atoms with Crippen molar-refractivity contribution < 1.29 is 17.9 Å². The van der Waals surface area contributed by atoms with Gasteiger partial charge in [-0.05, 0) is 56.9 Å². The molecular weight excluding hydrogens is 414 g/mol. The first-order valence-electron chi connectivity index (χ1n) is 10.8. The van der Waals surface area contributed by atoms with E-state index in [1.165, 1.54) is 0 Å². The maximum Gasteiger partial charge on any atom is 0.243 e. The Balaban J connectivity index is 1.51. The molecule has 0 radical (unpaired) electrons. The van der Waals surface area contributed by atoms with E-state index in [0.29, 0.717) is 43.3 Å². The van der Waals surface area contributed by atoms with Crippen LogP contribution in [0.25, 0.3) is 0 Å². The van der Waals surface area contributed by atoms with E-state index in [0.717, 1.165) is 30.4 Å². The first-order chi connectivity index (χ1) is 14.9. The van der Waals surface area contributed by atoms with E-state index in [-0.39, 0.29) is 12.0 Å². The number of carbonyl (C=O) groups is 1. The number of aryl methyl sites for hydroxylation is 1. The van der Waals surface area contributed by atoms with Crippen LogP contribution in [0.4, 0.5) is 0 Å². The Labute approximate surface area is 184 Å². The molecule has 7 nitrogen and oxygen atoms in total. The minimum absolute atomic E-state index is 0.00560. The molecule has 1 aliphatic heterocycles. The second-order valence-corrected chi connectivity index (χ2v) is 9.96. The number of sulfonamides is 1. The molecule has 0 unspecified atom stereocenters. The molecule has 0 bridgehead atoms. The van der Waals surface area contributed by atoms with Crippen LogP contribution in [0.1, 0.15) is 50.7 Å². The number of ether oxygens (including phenoxy) is 1. The zero-order valence-electron chi connectivity index (χ0n) is 18.2. The van der Waals surface area contributed by atoms with Gasteiger partial charge in [-0.1, -0.05) is 24.6 Å². The molecule has 0 spiro atoms. The van der Waals surface area contributed by atoms with Gasteiger partial charge in [-0.3, -0.25) is 4.79 Å². The van der Waals surface area contributed by atoms with Crippen LogP contribution in [0, 0.1) is 0 Å². The molecule has 1 aromatic carbocycles. The zero-order valence-corrected chi connectivity index (χ0v) is 19.0. The number of pyridine rings is 1. The predicted octanol–water partition coefficient (Wildman–Crippen LogP) is 3.29. The number of aromatic nitrogens is 1. The van der Waals surface area contributed by atoms with Crippen LogP contribution in [0.3, 0.4) is 0 Å². The molecule has 2 heterocycles. The molecule has 0 saturated carbocycles. The minimum atomic E-state index is -3.43.